The number of benzene rings is 4. The third kappa shape index (κ3) is 3.66. The van der Waals surface area contributed by atoms with Crippen molar-refractivity contribution in [1.82, 2.24) is 0 Å². The molecule has 0 fully saturated rings. The molecule has 1 heteroatoms. The van der Waals surface area contributed by atoms with E-state index in [1.54, 1.807) is 0 Å². The van der Waals surface area contributed by atoms with Crippen molar-refractivity contribution in [2.24, 2.45) is 0 Å². The smallest absolute Gasteiger partial charge is 0.00693 e. The maximum absolute atomic E-state index is 2.36. The number of aryl methyl sites for hydroxylation is 1. The average molecular weight is 380 g/mol. The molecule has 0 aliphatic heterocycles. The van der Waals surface area contributed by atoms with Gasteiger partial charge in [-0.15, -0.1) is 0 Å². The topological polar surface area (TPSA) is 0 Å². The summed E-state index contributed by atoms with van der Waals surface area (Å²) in [6.45, 7) is 6.92. The van der Waals surface area contributed by atoms with Gasteiger partial charge in [-0.3, -0.25) is 0 Å². The van der Waals surface area contributed by atoms with E-state index in [2.05, 4.69) is 117 Å². The van der Waals surface area contributed by atoms with Crippen LogP contribution >= 0.6 is 7.92 Å². The first-order chi connectivity index (χ1) is 13.6. The maximum Gasteiger partial charge on any atom is -0.00693 e. The predicted octanol–water partition coefficient (Wildman–Crippen LogP) is 7.36. The van der Waals surface area contributed by atoms with E-state index in [0.29, 0.717) is 0 Å². The van der Waals surface area contributed by atoms with E-state index >= 15 is 0 Å². The van der Waals surface area contributed by atoms with Gasteiger partial charge in [0.1, 0.15) is 0 Å². The van der Waals surface area contributed by atoms with Gasteiger partial charge in [-0.25, -0.2) is 0 Å². The lowest BCUT2D eigenvalue weighted by atomic mass is 9.87. The second-order valence-corrected chi connectivity index (χ2v) is 9.63. The fraction of sp³-hybridized carbons (Fsp3) is 0.111. The SMILES string of the molecule is Cc1cc(-c2ccccc2)cc(-c2ccccc2)c1-c1ccccc1P(C)C. The first-order valence-electron chi connectivity index (χ1n) is 9.67. The molecule has 4 aromatic carbocycles. The Morgan fingerprint density at radius 1 is 0.536 bits per heavy atom. The van der Waals surface area contributed by atoms with Crippen molar-refractivity contribution in [3.63, 3.8) is 0 Å². The van der Waals surface area contributed by atoms with E-state index in [9.17, 15) is 0 Å². The van der Waals surface area contributed by atoms with Gasteiger partial charge in [0.25, 0.3) is 0 Å². The largest absolute Gasteiger partial charge is 0.0810 e. The summed E-state index contributed by atoms with van der Waals surface area (Å²) in [6, 6.07) is 35.0. The highest BCUT2D eigenvalue weighted by Gasteiger charge is 2.16. The molecule has 0 unspecified atom stereocenters. The number of hydrogen-bond donors (Lipinski definition) is 0. The molecule has 0 atom stereocenters. The molecule has 28 heavy (non-hydrogen) atoms. The lowest BCUT2D eigenvalue weighted by molar-refractivity contribution is 1.45. The van der Waals surface area contributed by atoms with Gasteiger partial charge in [0.05, 0.1) is 0 Å². The van der Waals surface area contributed by atoms with Gasteiger partial charge in [-0.2, -0.15) is 0 Å². The molecule has 0 bridgehead atoms. The van der Waals surface area contributed by atoms with Gasteiger partial charge in [-0.1, -0.05) is 98.9 Å². The quantitative estimate of drug-likeness (QED) is 0.324. The van der Waals surface area contributed by atoms with Crippen LogP contribution < -0.4 is 5.30 Å². The molecule has 0 nitrogen and oxygen atoms in total. The number of rotatable bonds is 4. The van der Waals surface area contributed by atoms with Gasteiger partial charge in [0.15, 0.2) is 0 Å². The summed E-state index contributed by atoms with van der Waals surface area (Å²) in [6.07, 6.45) is 0. The van der Waals surface area contributed by atoms with Crippen molar-refractivity contribution in [3.05, 3.63) is 103 Å². The average Bonchev–Trinajstić information content (AvgIpc) is 2.74. The summed E-state index contributed by atoms with van der Waals surface area (Å²) in [5.74, 6) is 0. The maximum atomic E-state index is 2.36. The van der Waals surface area contributed by atoms with Gasteiger partial charge in [0, 0.05) is 0 Å². The Labute approximate surface area is 169 Å². The third-order valence-corrected chi connectivity index (χ3v) is 6.54. The van der Waals surface area contributed by atoms with Crippen LogP contribution in [0.3, 0.4) is 0 Å². The van der Waals surface area contributed by atoms with Gasteiger partial charge >= 0.3 is 0 Å². The minimum absolute atomic E-state index is 0.185. The Kier molecular flexibility index (Phi) is 5.42. The van der Waals surface area contributed by atoms with E-state index in [0.717, 1.165) is 0 Å². The molecule has 0 aromatic heterocycles. The van der Waals surface area contributed by atoms with Crippen LogP contribution in [0.5, 0.6) is 0 Å². The number of hydrogen-bond acceptors (Lipinski definition) is 0. The van der Waals surface area contributed by atoms with Crippen molar-refractivity contribution in [3.8, 4) is 33.4 Å². The van der Waals surface area contributed by atoms with Crippen LogP contribution in [0, 0.1) is 6.92 Å². The molecule has 4 aromatic rings. The molecule has 0 aliphatic rings. The predicted molar refractivity (Wildman–Crippen MR) is 126 cm³/mol. The summed E-state index contributed by atoms with van der Waals surface area (Å²) in [5.41, 5.74) is 9.16. The van der Waals surface area contributed by atoms with E-state index in [-0.39, 0.29) is 7.92 Å². The van der Waals surface area contributed by atoms with Crippen molar-refractivity contribution < 1.29 is 0 Å². The highest BCUT2D eigenvalue weighted by molar-refractivity contribution is 7.64. The van der Waals surface area contributed by atoms with Crippen LogP contribution in [-0.2, 0) is 0 Å². The standard InChI is InChI=1S/C27H25P/c1-20-18-23(21-12-6-4-7-13-21)19-25(22-14-8-5-9-15-22)27(20)24-16-10-11-17-26(24)28(2)3/h4-19H,1-3H3. The van der Waals surface area contributed by atoms with Gasteiger partial charge in [-0.05, 0) is 70.6 Å². The van der Waals surface area contributed by atoms with Crippen LogP contribution in [0.1, 0.15) is 5.56 Å². The van der Waals surface area contributed by atoms with Crippen LogP contribution in [0.15, 0.2) is 97.1 Å². The summed E-state index contributed by atoms with van der Waals surface area (Å²) < 4.78 is 0. The first kappa shape index (κ1) is 18.7. The summed E-state index contributed by atoms with van der Waals surface area (Å²) in [7, 11) is -0.185. The van der Waals surface area contributed by atoms with Gasteiger partial charge < -0.3 is 0 Å². The molecule has 0 amide bonds. The zero-order chi connectivity index (χ0) is 19.5. The normalized spacial score (nSPS) is 11.0. The van der Waals surface area contributed by atoms with E-state index < -0.39 is 0 Å². The molecule has 4 rings (SSSR count). The monoisotopic (exact) mass is 380 g/mol. The van der Waals surface area contributed by atoms with Crippen LogP contribution in [-0.4, -0.2) is 13.3 Å². The molecular weight excluding hydrogens is 355 g/mol. The molecule has 0 radical (unpaired) electrons. The van der Waals surface area contributed by atoms with E-state index in [1.807, 2.05) is 0 Å². The van der Waals surface area contributed by atoms with Crippen LogP contribution in [0.25, 0.3) is 33.4 Å². The Bertz CT molecular complexity index is 1080. The van der Waals surface area contributed by atoms with Crippen molar-refractivity contribution in [2.75, 3.05) is 13.3 Å². The Morgan fingerprint density at radius 3 is 1.75 bits per heavy atom. The first-order valence-corrected chi connectivity index (χ1v) is 11.9. The second-order valence-electron chi connectivity index (χ2n) is 7.36. The zero-order valence-electron chi connectivity index (χ0n) is 16.7. The second kappa shape index (κ2) is 8.13. The molecule has 0 spiro atoms. The molecule has 0 saturated carbocycles. The Hall–Kier alpha value is -2.69. The minimum atomic E-state index is -0.185. The molecule has 0 saturated heterocycles. The van der Waals surface area contributed by atoms with E-state index in [1.165, 1.54) is 44.2 Å². The lowest BCUT2D eigenvalue weighted by Crippen LogP contribution is -2.05. The molecule has 0 N–H and O–H groups in total. The minimum Gasteiger partial charge on any atom is -0.0810 e. The highest BCUT2D eigenvalue weighted by atomic mass is 31.1. The van der Waals surface area contributed by atoms with Crippen LogP contribution in [0.2, 0.25) is 0 Å². The summed E-state index contributed by atoms with van der Waals surface area (Å²) in [5, 5.41) is 1.46. The third-order valence-electron chi connectivity index (χ3n) is 5.18. The van der Waals surface area contributed by atoms with Crippen molar-refractivity contribution in [1.29, 1.82) is 0 Å². The fourth-order valence-corrected chi connectivity index (χ4v) is 4.91. The fourth-order valence-electron chi connectivity index (χ4n) is 3.86. The molecular formula is C27H25P. The van der Waals surface area contributed by atoms with Crippen molar-refractivity contribution in [2.45, 2.75) is 6.92 Å². The molecule has 0 aliphatic carbocycles. The summed E-state index contributed by atoms with van der Waals surface area (Å²) in [4.78, 5) is 0. The van der Waals surface area contributed by atoms with Crippen LogP contribution in [0.4, 0.5) is 0 Å². The molecule has 138 valence electrons. The lowest BCUT2D eigenvalue weighted by Gasteiger charge is -2.20. The molecule has 0 heterocycles. The van der Waals surface area contributed by atoms with Gasteiger partial charge in [0.2, 0.25) is 0 Å². The van der Waals surface area contributed by atoms with Crippen molar-refractivity contribution >= 4 is 13.2 Å². The highest BCUT2D eigenvalue weighted by Crippen LogP contribution is 2.40. The Balaban J connectivity index is 2.02. The zero-order valence-corrected chi connectivity index (χ0v) is 17.6. The summed E-state index contributed by atoms with van der Waals surface area (Å²) >= 11 is 0. The van der Waals surface area contributed by atoms with E-state index in [4.69, 9.17) is 0 Å². The Morgan fingerprint density at radius 2 is 1.11 bits per heavy atom.